The standard InChI is InChI=1S/C14H15N3O2S/c1-11(16-8-4-5-9-16)14(10-15)20-13-7-3-2-6-12(13)17(18)19/h2-3,6-7H,4-5,8-9H2,1H3. The normalized spacial score (nSPS) is 15.7. The lowest BCUT2D eigenvalue weighted by atomic mass is 10.3. The molecule has 1 aliphatic rings. The lowest BCUT2D eigenvalue weighted by Crippen LogP contribution is -2.17. The first-order chi connectivity index (χ1) is 9.63. The number of allylic oxidation sites excluding steroid dienone is 2. The van der Waals surface area contributed by atoms with Crippen LogP contribution in [0, 0.1) is 21.4 Å². The number of nitro benzene ring substituents is 1. The van der Waals surface area contributed by atoms with Crippen molar-refractivity contribution in [2.45, 2.75) is 24.7 Å². The maximum Gasteiger partial charge on any atom is 0.283 e. The van der Waals surface area contributed by atoms with E-state index in [9.17, 15) is 15.4 Å². The van der Waals surface area contributed by atoms with Gasteiger partial charge in [-0.1, -0.05) is 23.9 Å². The van der Waals surface area contributed by atoms with Crippen molar-refractivity contribution in [3.05, 3.63) is 45.0 Å². The molecule has 1 aliphatic heterocycles. The number of benzene rings is 1. The molecule has 0 aliphatic carbocycles. The highest BCUT2D eigenvalue weighted by Gasteiger charge is 2.19. The van der Waals surface area contributed by atoms with Gasteiger partial charge in [0.2, 0.25) is 0 Å². The van der Waals surface area contributed by atoms with Gasteiger partial charge in [-0.3, -0.25) is 10.1 Å². The molecular formula is C14H15N3O2S. The van der Waals surface area contributed by atoms with Gasteiger partial charge in [0, 0.05) is 24.9 Å². The second-order valence-corrected chi connectivity index (χ2v) is 5.60. The van der Waals surface area contributed by atoms with Crippen LogP contribution in [-0.4, -0.2) is 22.9 Å². The smallest absolute Gasteiger partial charge is 0.283 e. The van der Waals surface area contributed by atoms with E-state index in [4.69, 9.17) is 0 Å². The number of nitriles is 1. The third kappa shape index (κ3) is 3.11. The van der Waals surface area contributed by atoms with Crippen molar-refractivity contribution in [3.8, 4) is 6.07 Å². The topological polar surface area (TPSA) is 70.2 Å². The number of rotatable bonds is 4. The molecule has 0 unspecified atom stereocenters. The summed E-state index contributed by atoms with van der Waals surface area (Å²) in [5, 5.41) is 20.3. The second kappa shape index (κ2) is 6.44. The number of hydrogen-bond donors (Lipinski definition) is 0. The van der Waals surface area contributed by atoms with Gasteiger partial charge in [-0.2, -0.15) is 5.26 Å². The molecule has 0 aromatic heterocycles. The SMILES string of the molecule is CC(=C(C#N)Sc1ccccc1[N+](=O)[O-])N1CCCC1. The molecular weight excluding hydrogens is 274 g/mol. The number of likely N-dealkylation sites (tertiary alicyclic amines) is 1. The van der Waals surface area contributed by atoms with E-state index in [2.05, 4.69) is 11.0 Å². The van der Waals surface area contributed by atoms with Gasteiger partial charge in [0.05, 0.1) is 9.82 Å². The fourth-order valence-electron chi connectivity index (χ4n) is 2.18. The molecule has 6 heteroatoms. The first-order valence-corrected chi connectivity index (χ1v) is 7.22. The highest BCUT2D eigenvalue weighted by atomic mass is 32.2. The monoisotopic (exact) mass is 289 g/mol. The van der Waals surface area contributed by atoms with E-state index in [1.54, 1.807) is 18.2 Å². The summed E-state index contributed by atoms with van der Waals surface area (Å²) in [5.74, 6) is 0. The minimum absolute atomic E-state index is 0.0412. The summed E-state index contributed by atoms with van der Waals surface area (Å²) in [6.45, 7) is 3.81. The molecule has 0 saturated carbocycles. The molecule has 0 spiro atoms. The molecule has 1 saturated heterocycles. The molecule has 0 atom stereocenters. The molecule has 2 rings (SSSR count). The van der Waals surface area contributed by atoms with Crippen LogP contribution in [0.3, 0.4) is 0 Å². The number of nitro groups is 1. The Balaban J connectivity index is 2.29. The van der Waals surface area contributed by atoms with Gasteiger partial charge in [0.1, 0.15) is 11.0 Å². The Morgan fingerprint density at radius 3 is 2.65 bits per heavy atom. The lowest BCUT2D eigenvalue weighted by molar-refractivity contribution is -0.387. The number of hydrogen-bond acceptors (Lipinski definition) is 5. The van der Waals surface area contributed by atoms with E-state index >= 15 is 0 Å². The quantitative estimate of drug-likeness (QED) is 0.367. The summed E-state index contributed by atoms with van der Waals surface area (Å²) in [6, 6.07) is 8.69. The van der Waals surface area contributed by atoms with Gasteiger partial charge >= 0.3 is 0 Å². The van der Waals surface area contributed by atoms with E-state index in [1.165, 1.54) is 17.8 Å². The van der Waals surface area contributed by atoms with Crippen molar-refractivity contribution in [2.24, 2.45) is 0 Å². The van der Waals surface area contributed by atoms with Crippen molar-refractivity contribution in [1.29, 1.82) is 5.26 Å². The molecule has 104 valence electrons. The maximum absolute atomic E-state index is 11.0. The summed E-state index contributed by atoms with van der Waals surface area (Å²) in [5.41, 5.74) is 0.952. The van der Waals surface area contributed by atoms with Crippen LogP contribution in [0.2, 0.25) is 0 Å². The van der Waals surface area contributed by atoms with Crippen molar-refractivity contribution in [1.82, 2.24) is 4.90 Å². The molecule has 0 bridgehead atoms. The second-order valence-electron chi connectivity index (χ2n) is 4.55. The lowest BCUT2D eigenvalue weighted by Gasteiger charge is -2.19. The van der Waals surface area contributed by atoms with Crippen molar-refractivity contribution >= 4 is 17.4 Å². The van der Waals surface area contributed by atoms with Crippen LogP contribution in [0.1, 0.15) is 19.8 Å². The zero-order chi connectivity index (χ0) is 14.5. The molecule has 0 N–H and O–H groups in total. The molecule has 1 heterocycles. The summed E-state index contributed by atoms with van der Waals surface area (Å²) in [6.07, 6.45) is 2.26. The highest BCUT2D eigenvalue weighted by molar-refractivity contribution is 8.03. The third-order valence-corrected chi connectivity index (χ3v) is 4.44. The van der Waals surface area contributed by atoms with E-state index < -0.39 is 4.92 Å². The van der Waals surface area contributed by atoms with Crippen LogP contribution in [0.4, 0.5) is 5.69 Å². The molecule has 1 aromatic carbocycles. The predicted molar refractivity (Wildman–Crippen MR) is 78.1 cm³/mol. The maximum atomic E-state index is 11.0. The Labute approximate surface area is 122 Å². The molecule has 20 heavy (non-hydrogen) atoms. The van der Waals surface area contributed by atoms with E-state index in [1.807, 2.05) is 6.92 Å². The molecule has 5 nitrogen and oxygen atoms in total. The van der Waals surface area contributed by atoms with Gasteiger partial charge in [-0.15, -0.1) is 0 Å². The van der Waals surface area contributed by atoms with Crippen molar-refractivity contribution in [2.75, 3.05) is 13.1 Å². The Morgan fingerprint density at radius 2 is 2.05 bits per heavy atom. The van der Waals surface area contributed by atoms with Gasteiger partial charge < -0.3 is 4.90 Å². The summed E-state index contributed by atoms with van der Waals surface area (Å²) < 4.78 is 0. The van der Waals surface area contributed by atoms with Crippen LogP contribution < -0.4 is 0 Å². The largest absolute Gasteiger partial charge is 0.374 e. The van der Waals surface area contributed by atoms with Crippen molar-refractivity contribution < 1.29 is 4.92 Å². The number of para-hydroxylation sites is 1. The van der Waals surface area contributed by atoms with E-state index in [0.717, 1.165) is 31.6 Å². The Kier molecular flexibility index (Phi) is 4.64. The zero-order valence-electron chi connectivity index (χ0n) is 11.2. The van der Waals surface area contributed by atoms with Gasteiger partial charge in [0.25, 0.3) is 5.69 Å². The number of thioether (sulfide) groups is 1. The Bertz CT molecular complexity index is 586. The minimum Gasteiger partial charge on any atom is -0.374 e. The molecule has 1 aromatic rings. The van der Waals surface area contributed by atoms with Gasteiger partial charge in [-0.05, 0) is 25.8 Å². The van der Waals surface area contributed by atoms with Crippen LogP contribution in [0.25, 0.3) is 0 Å². The molecule has 0 radical (unpaired) electrons. The Hall–Kier alpha value is -2.00. The average Bonchev–Trinajstić information content (AvgIpc) is 2.98. The first-order valence-electron chi connectivity index (χ1n) is 6.40. The zero-order valence-corrected chi connectivity index (χ0v) is 12.0. The van der Waals surface area contributed by atoms with Crippen LogP contribution in [0.15, 0.2) is 39.8 Å². The van der Waals surface area contributed by atoms with E-state index in [0.29, 0.717) is 9.80 Å². The fourth-order valence-corrected chi connectivity index (χ4v) is 3.11. The van der Waals surface area contributed by atoms with E-state index in [-0.39, 0.29) is 5.69 Å². The molecule has 1 fully saturated rings. The molecule has 0 amide bonds. The Morgan fingerprint density at radius 1 is 1.40 bits per heavy atom. The van der Waals surface area contributed by atoms with Crippen molar-refractivity contribution in [3.63, 3.8) is 0 Å². The fraction of sp³-hybridized carbons (Fsp3) is 0.357. The highest BCUT2D eigenvalue weighted by Crippen LogP contribution is 2.36. The summed E-state index contributed by atoms with van der Waals surface area (Å²) in [7, 11) is 0. The first kappa shape index (κ1) is 14.4. The summed E-state index contributed by atoms with van der Waals surface area (Å²) in [4.78, 5) is 13.8. The number of nitrogens with zero attached hydrogens (tertiary/aromatic N) is 3. The predicted octanol–water partition coefficient (Wildman–Crippen LogP) is 3.54. The minimum atomic E-state index is -0.414. The third-order valence-electron chi connectivity index (χ3n) is 3.28. The summed E-state index contributed by atoms with van der Waals surface area (Å²) >= 11 is 1.17. The average molecular weight is 289 g/mol. The van der Waals surface area contributed by atoms with Crippen LogP contribution >= 0.6 is 11.8 Å². The van der Waals surface area contributed by atoms with Crippen LogP contribution in [-0.2, 0) is 0 Å². The van der Waals surface area contributed by atoms with Crippen LogP contribution in [0.5, 0.6) is 0 Å². The van der Waals surface area contributed by atoms with Gasteiger partial charge in [-0.25, -0.2) is 0 Å². The van der Waals surface area contributed by atoms with Gasteiger partial charge in [0.15, 0.2) is 0 Å².